The van der Waals surface area contributed by atoms with Crippen LogP contribution >= 0.6 is 11.8 Å². The molecule has 1 aliphatic rings. The smallest absolute Gasteiger partial charge is 0.139 e. The fourth-order valence-corrected chi connectivity index (χ4v) is 2.92. The molecule has 0 spiro atoms. The summed E-state index contributed by atoms with van der Waals surface area (Å²) in [6.07, 6.45) is 8.94. The predicted octanol–water partition coefficient (Wildman–Crippen LogP) is 1.78. The van der Waals surface area contributed by atoms with E-state index in [9.17, 15) is 0 Å². The summed E-state index contributed by atoms with van der Waals surface area (Å²) in [6.45, 7) is 1.05. The molecule has 0 aromatic heterocycles. The lowest BCUT2D eigenvalue weighted by Gasteiger charge is -2.12. The van der Waals surface area contributed by atoms with Gasteiger partial charge in [0.25, 0.3) is 0 Å². The Balaban J connectivity index is 1.96. The topological polar surface area (TPSA) is 70.6 Å². The van der Waals surface area contributed by atoms with Crippen LogP contribution in [0, 0.1) is 0 Å². The molecule has 94 valence electrons. The van der Waals surface area contributed by atoms with Gasteiger partial charge in [-0.05, 0) is 44.9 Å². The third-order valence-electron chi connectivity index (χ3n) is 3.14. The van der Waals surface area contributed by atoms with Crippen LogP contribution in [-0.2, 0) is 0 Å². The number of nitrogens with one attached hydrogen (secondary N) is 1. The third kappa shape index (κ3) is 5.07. The van der Waals surface area contributed by atoms with Crippen molar-refractivity contribution in [2.75, 3.05) is 12.8 Å². The molecule has 1 rings (SSSR count). The van der Waals surface area contributed by atoms with Crippen LogP contribution in [0.3, 0.4) is 0 Å². The summed E-state index contributed by atoms with van der Waals surface area (Å²) in [4.78, 5) is 0. The fraction of sp³-hybridized carbons (Fsp3) is 0.909. The standard InChI is InChI=1S/C11H23N3OS/c1-16-10-6-5-9(8-10)13-7-3-2-4-11(12)14-15/h9-10,13,15H,2-8H2,1H3,(H2,12,14). The molecule has 0 saturated heterocycles. The van der Waals surface area contributed by atoms with Crippen molar-refractivity contribution in [2.24, 2.45) is 10.9 Å². The van der Waals surface area contributed by atoms with Gasteiger partial charge in [-0.2, -0.15) is 11.8 Å². The van der Waals surface area contributed by atoms with E-state index in [0.717, 1.165) is 24.6 Å². The van der Waals surface area contributed by atoms with Crippen molar-refractivity contribution in [3.63, 3.8) is 0 Å². The second-order valence-corrected chi connectivity index (χ2v) is 5.51. The van der Waals surface area contributed by atoms with Gasteiger partial charge in [0.1, 0.15) is 5.84 Å². The van der Waals surface area contributed by atoms with Gasteiger partial charge in [-0.1, -0.05) is 5.16 Å². The zero-order chi connectivity index (χ0) is 11.8. The van der Waals surface area contributed by atoms with Crippen LogP contribution < -0.4 is 11.1 Å². The largest absolute Gasteiger partial charge is 0.409 e. The van der Waals surface area contributed by atoms with E-state index >= 15 is 0 Å². The lowest BCUT2D eigenvalue weighted by Crippen LogP contribution is -2.27. The zero-order valence-electron chi connectivity index (χ0n) is 9.98. The Hall–Kier alpha value is -0.420. The first-order valence-electron chi connectivity index (χ1n) is 5.99. The minimum Gasteiger partial charge on any atom is -0.409 e. The Bertz CT molecular complexity index is 223. The van der Waals surface area contributed by atoms with Gasteiger partial charge in [0.05, 0.1) is 0 Å². The summed E-state index contributed by atoms with van der Waals surface area (Å²) in [5.41, 5.74) is 5.39. The van der Waals surface area contributed by atoms with Crippen LogP contribution in [0.1, 0.15) is 38.5 Å². The molecule has 0 aromatic rings. The van der Waals surface area contributed by atoms with Gasteiger partial charge in [-0.25, -0.2) is 0 Å². The summed E-state index contributed by atoms with van der Waals surface area (Å²) in [6, 6.07) is 0.710. The normalized spacial score (nSPS) is 26.2. The van der Waals surface area contributed by atoms with Gasteiger partial charge in [-0.3, -0.25) is 0 Å². The molecule has 1 saturated carbocycles. The minimum atomic E-state index is 0.336. The number of nitrogens with two attached hydrogens (primary N) is 1. The lowest BCUT2D eigenvalue weighted by atomic mass is 10.2. The first-order valence-corrected chi connectivity index (χ1v) is 7.27. The number of thioether (sulfide) groups is 1. The maximum absolute atomic E-state index is 8.37. The van der Waals surface area contributed by atoms with Gasteiger partial charge < -0.3 is 16.3 Å². The average Bonchev–Trinajstić information content (AvgIpc) is 2.76. The van der Waals surface area contributed by atoms with Crippen molar-refractivity contribution in [1.82, 2.24) is 5.32 Å². The Morgan fingerprint density at radius 3 is 2.94 bits per heavy atom. The molecule has 1 aliphatic carbocycles. The number of unbranched alkanes of at least 4 members (excludes halogenated alkanes) is 1. The molecule has 0 heterocycles. The van der Waals surface area contributed by atoms with Gasteiger partial charge in [0, 0.05) is 17.7 Å². The Morgan fingerprint density at radius 1 is 1.50 bits per heavy atom. The van der Waals surface area contributed by atoms with Crippen LogP contribution in [0.4, 0.5) is 0 Å². The number of hydrogen-bond acceptors (Lipinski definition) is 4. The second-order valence-electron chi connectivity index (χ2n) is 4.37. The van der Waals surface area contributed by atoms with E-state index in [2.05, 4.69) is 16.7 Å². The van der Waals surface area contributed by atoms with Gasteiger partial charge in [0.15, 0.2) is 0 Å². The highest BCUT2D eigenvalue weighted by molar-refractivity contribution is 7.99. The van der Waals surface area contributed by atoms with E-state index in [1.165, 1.54) is 19.3 Å². The molecule has 4 N–H and O–H groups in total. The van der Waals surface area contributed by atoms with E-state index in [-0.39, 0.29) is 0 Å². The molecule has 2 atom stereocenters. The number of oxime groups is 1. The van der Waals surface area contributed by atoms with Crippen molar-refractivity contribution >= 4 is 17.6 Å². The summed E-state index contributed by atoms with van der Waals surface area (Å²) in [5.74, 6) is 0.336. The second kappa shape index (κ2) is 7.79. The van der Waals surface area contributed by atoms with Crippen LogP contribution in [-0.4, -0.2) is 35.1 Å². The molecule has 5 heteroatoms. The van der Waals surface area contributed by atoms with Crippen LogP contribution in [0.15, 0.2) is 5.16 Å². The Labute approximate surface area is 102 Å². The first-order chi connectivity index (χ1) is 7.76. The van der Waals surface area contributed by atoms with Crippen LogP contribution in [0.5, 0.6) is 0 Å². The number of amidine groups is 1. The molecule has 0 aromatic carbocycles. The number of hydrogen-bond donors (Lipinski definition) is 3. The molecule has 2 unspecified atom stereocenters. The maximum atomic E-state index is 8.37. The quantitative estimate of drug-likeness (QED) is 0.210. The van der Waals surface area contributed by atoms with E-state index in [4.69, 9.17) is 10.9 Å². The van der Waals surface area contributed by atoms with E-state index in [0.29, 0.717) is 18.3 Å². The Morgan fingerprint density at radius 2 is 2.31 bits per heavy atom. The van der Waals surface area contributed by atoms with Crippen LogP contribution in [0.2, 0.25) is 0 Å². The van der Waals surface area contributed by atoms with E-state index < -0.39 is 0 Å². The highest BCUT2D eigenvalue weighted by atomic mass is 32.2. The van der Waals surface area contributed by atoms with Crippen molar-refractivity contribution in [3.8, 4) is 0 Å². The van der Waals surface area contributed by atoms with E-state index in [1.54, 1.807) is 0 Å². The lowest BCUT2D eigenvalue weighted by molar-refractivity contribution is 0.316. The van der Waals surface area contributed by atoms with Crippen molar-refractivity contribution in [1.29, 1.82) is 0 Å². The number of nitrogens with zero attached hydrogens (tertiary/aromatic N) is 1. The molecule has 4 nitrogen and oxygen atoms in total. The molecule has 16 heavy (non-hydrogen) atoms. The molecule has 1 fully saturated rings. The SMILES string of the molecule is CSC1CCC(NCCCCC(N)=NO)C1. The van der Waals surface area contributed by atoms with Crippen molar-refractivity contribution in [3.05, 3.63) is 0 Å². The first kappa shape index (κ1) is 13.6. The van der Waals surface area contributed by atoms with Gasteiger partial charge in [0.2, 0.25) is 0 Å². The molecule has 0 radical (unpaired) electrons. The van der Waals surface area contributed by atoms with E-state index in [1.807, 2.05) is 11.8 Å². The summed E-state index contributed by atoms with van der Waals surface area (Å²) < 4.78 is 0. The minimum absolute atomic E-state index is 0.336. The van der Waals surface area contributed by atoms with Crippen molar-refractivity contribution < 1.29 is 5.21 Å². The predicted molar refractivity (Wildman–Crippen MR) is 70.2 cm³/mol. The van der Waals surface area contributed by atoms with Gasteiger partial charge >= 0.3 is 0 Å². The summed E-state index contributed by atoms with van der Waals surface area (Å²) in [7, 11) is 0. The van der Waals surface area contributed by atoms with Gasteiger partial charge in [-0.15, -0.1) is 0 Å². The highest BCUT2D eigenvalue weighted by Crippen LogP contribution is 2.27. The highest BCUT2D eigenvalue weighted by Gasteiger charge is 2.22. The van der Waals surface area contributed by atoms with Crippen molar-refractivity contribution in [2.45, 2.75) is 49.8 Å². The fourth-order valence-electron chi connectivity index (χ4n) is 2.13. The van der Waals surface area contributed by atoms with Crippen LogP contribution in [0.25, 0.3) is 0 Å². The summed E-state index contributed by atoms with van der Waals surface area (Å²) >= 11 is 1.99. The average molecular weight is 245 g/mol. The number of rotatable bonds is 7. The molecular formula is C11H23N3OS. The molecular weight excluding hydrogens is 222 g/mol. The molecule has 0 aliphatic heterocycles. The Kier molecular flexibility index (Phi) is 6.64. The zero-order valence-corrected chi connectivity index (χ0v) is 10.8. The third-order valence-corrected chi connectivity index (χ3v) is 4.23. The summed E-state index contributed by atoms with van der Waals surface area (Å²) in [5, 5.41) is 15.8. The maximum Gasteiger partial charge on any atom is 0.139 e. The molecule has 0 bridgehead atoms. The monoisotopic (exact) mass is 245 g/mol. The molecule has 0 amide bonds.